The molecular weight excluding hydrogens is 414 g/mol. The molecule has 2 aliphatic rings. The highest BCUT2D eigenvalue weighted by Crippen LogP contribution is 2.41. The predicted molar refractivity (Wildman–Crippen MR) is 118 cm³/mol. The van der Waals surface area contributed by atoms with Crippen LogP contribution in [-0.4, -0.2) is 35.3 Å². The van der Waals surface area contributed by atoms with Gasteiger partial charge in [0, 0.05) is 11.7 Å². The summed E-state index contributed by atoms with van der Waals surface area (Å²) in [6.07, 6.45) is -0.280. The molecule has 0 unspecified atom stereocenters. The highest BCUT2D eigenvalue weighted by Gasteiger charge is 2.39. The minimum atomic E-state index is -2.61. The first kappa shape index (κ1) is 20.5. The number of fused-ring (bicyclic) bond motifs is 2. The van der Waals surface area contributed by atoms with Crippen molar-refractivity contribution in [2.24, 2.45) is 0 Å². The highest BCUT2D eigenvalue weighted by atomic mass is 19.3. The topological polar surface area (TPSA) is 59.4 Å². The lowest BCUT2D eigenvalue weighted by atomic mass is 9.97. The number of benzene rings is 2. The monoisotopic (exact) mass is 438 g/mol. The van der Waals surface area contributed by atoms with Crippen LogP contribution in [0.3, 0.4) is 0 Å². The van der Waals surface area contributed by atoms with Crippen molar-refractivity contribution >= 4 is 17.4 Å². The molecule has 166 valence electrons. The number of hydrogen-bond acceptors (Lipinski definition) is 4. The summed E-state index contributed by atoms with van der Waals surface area (Å²) in [5.74, 6) is 0.793. The molecule has 0 saturated carbocycles. The van der Waals surface area contributed by atoms with Crippen molar-refractivity contribution in [2.75, 3.05) is 17.3 Å². The lowest BCUT2D eigenvalue weighted by Gasteiger charge is -2.33. The van der Waals surface area contributed by atoms with E-state index in [1.54, 1.807) is 24.1 Å². The lowest BCUT2D eigenvalue weighted by molar-refractivity contribution is 0.0657. The Labute approximate surface area is 184 Å². The standard InChI is InChI=1S/C24H24F2N4O2/c1-14-11-16-5-3-4-6-20(16)29(14)24(31)18-13-27-30-21(22(25)26)12-19(28-23(18)30)15-7-9-17(32-2)10-8-15/h3-10,13-14,19,21-22,28H,11-12H2,1-2H3/t14-,19+,21+/m1/s1. The zero-order chi connectivity index (χ0) is 22.4. The van der Waals surface area contributed by atoms with E-state index in [4.69, 9.17) is 4.74 Å². The second kappa shape index (κ2) is 7.93. The SMILES string of the molecule is COc1ccc([C@@H]2C[C@@H](C(F)F)n3ncc(C(=O)N4c5ccccc5C[C@H]4C)c3N2)cc1. The van der Waals surface area contributed by atoms with Crippen LogP contribution in [0.4, 0.5) is 20.3 Å². The maximum atomic E-state index is 14.0. The van der Waals surface area contributed by atoms with Crippen molar-refractivity contribution in [3.05, 3.63) is 71.4 Å². The number of hydrogen-bond donors (Lipinski definition) is 1. The van der Waals surface area contributed by atoms with Crippen LogP contribution >= 0.6 is 0 Å². The van der Waals surface area contributed by atoms with Gasteiger partial charge in [-0.3, -0.25) is 4.79 Å². The molecule has 1 aromatic heterocycles. The average Bonchev–Trinajstić information content (AvgIpc) is 3.38. The summed E-state index contributed by atoms with van der Waals surface area (Å²) < 4.78 is 34.4. The fourth-order valence-corrected chi connectivity index (χ4v) is 4.75. The van der Waals surface area contributed by atoms with Crippen LogP contribution in [-0.2, 0) is 6.42 Å². The normalized spacial score (nSPS) is 21.8. The molecule has 1 N–H and O–H groups in total. The van der Waals surface area contributed by atoms with Gasteiger partial charge in [0.05, 0.1) is 19.3 Å². The number of halogens is 2. The van der Waals surface area contributed by atoms with Crippen molar-refractivity contribution in [3.8, 4) is 5.75 Å². The largest absolute Gasteiger partial charge is 0.497 e. The van der Waals surface area contributed by atoms with Gasteiger partial charge in [0.15, 0.2) is 0 Å². The van der Waals surface area contributed by atoms with E-state index in [-0.39, 0.29) is 24.4 Å². The molecule has 32 heavy (non-hydrogen) atoms. The second-order valence-corrected chi connectivity index (χ2v) is 8.32. The Hall–Kier alpha value is -3.42. The summed E-state index contributed by atoms with van der Waals surface area (Å²) in [6, 6.07) is 13.6. The van der Waals surface area contributed by atoms with E-state index in [1.807, 2.05) is 43.3 Å². The number of anilines is 2. The summed E-state index contributed by atoms with van der Waals surface area (Å²) in [5, 5.41) is 7.50. The Morgan fingerprint density at radius 2 is 1.94 bits per heavy atom. The summed E-state index contributed by atoms with van der Waals surface area (Å²) in [6.45, 7) is 1.99. The summed E-state index contributed by atoms with van der Waals surface area (Å²) in [4.78, 5) is 15.3. The third-order valence-electron chi connectivity index (χ3n) is 6.36. The fraction of sp³-hybridized carbons (Fsp3) is 0.333. The van der Waals surface area contributed by atoms with Crippen LogP contribution in [0, 0.1) is 0 Å². The minimum Gasteiger partial charge on any atom is -0.497 e. The van der Waals surface area contributed by atoms with Gasteiger partial charge >= 0.3 is 0 Å². The zero-order valence-electron chi connectivity index (χ0n) is 17.8. The first-order valence-electron chi connectivity index (χ1n) is 10.7. The maximum absolute atomic E-state index is 14.0. The summed E-state index contributed by atoms with van der Waals surface area (Å²) in [7, 11) is 1.58. The fourth-order valence-electron chi connectivity index (χ4n) is 4.75. The molecule has 6 nitrogen and oxygen atoms in total. The summed E-state index contributed by atoms with van der Waals surface area (Å²) in [5.41, 5.74) is 3.11. The first-order chi connectivity index (χ1) is 15.5. The molecule has 8 heteroatoms. The Morgan fingerprint density at radius 3 is 2.66 bits per heavy atom. The Balaban J connectivity index is 1.52. The number of ether oxygens (including phenoxy) is 1. The van der Waals surface area contributed by atoms with Gasteiger partial charge in [0.2, 0.25) is 0 Å². The molecule has 3 atom stereocenters. The van der Waals surface area contributed by atoms with Crippen molar-refractivity contribution < 1.29 is 18.3 Å². The number of carbonyl (C=O) groups is 1. The lowest BCUT2D eigenvalue weighted by Crippen LogP contribution is -2.37. The van der Waals surface area contributed by atoms with Crippen molar-refractivity contribution in [1.82, 2.24) is 9.78 Å². The summed E-state index contributed by atoms with van der Waals surface area (Å²) >= 11 is 0. The number of amides is 1. The van der Waals surface area contributed by atoms with Gasteiger partial charge in [-0.25, -0.2) is 13.5 Å². The number of aromatic nitrogens is 2. The maximum Gasteiger partial charge on any atom is 0.263 e. The number of methoxy groups -OCH3 is 1. The Morgan fingerprint density at radius 1 is 1.19 bits per heavy atom. The van der Waals surface area contributed by atoms with Crippen LogP contribution in [0.15, 0.2) is 54.7 Å². The van der Waals surface area contributed by atoms with E-state index >= 15 is 0 Å². The molecule has 3 heterocycles. The van der Waals surface area contributed by atoms with Crippen LogP contribution in [0.25, 0.3) is 0 Å². The molecule has 0 radical (unpaired) electrons. The quantitative estimate of drug-likeness (QED) is 0.633. The number of carbonyl (C=O) groups excluding carboxylic acids is 1. The zero-order valence-corrected chi connectivity index (χ0v) is 17.8. The number of para-hydroxylation sites is 1. The average molecular weight is 438 g/mol. The van der Waals surface area contributed by atoms with Crippen LogP contribution in [0.2, 0.25) is 0 Å². The molecule has 3 aromatic rings. The smallest absolute Gasteiger partial charge is 0.263 e. The Bertz CT molecular complexity index is 1150. The number of nitrogens with zero attached hydrogens (tertiary/aromatic N) is 3. The van der Waals surface area contributed by atoms with E-state index in [1.165, 1.54) is 10.9 Å². The third kappa shape index (κ3) is 3.30. The van der Waals surface area contributed by atoms with E-state index < -0.39 is 12.5 Å². The molecule has 2 aliphatic heterocycles. The van der Waals surface area contributed by atoms with Crippen molar-refractivity contribution in [2.45, 2.75) is 44.3 Å². The van der Waals surface area contributed by atoms with Gasteiger partial charge < -0.3 is 15.0 Å². The molecule has 0 bridgehead atoms. The van der Waals surface area contributed by atoms with Gasteiger partial charge in [0.1, 0.15) is 23.2 Å². The number of alkyl halides is 2. The molecule has 5 rings (SSSR count). The van der Waals surface area contributed by atoms with Crippen molar-refractivity contribution in [1.29, 1.82) is 0 Å². The van der Waals surface area contributed by atoms with Crippen LogP contribution in [0.1, 0.15) is 46.9 Å². The molecule has 1 amide bonds. The molecule has 0 spiro atoms. The van der Waals surface area contributed by atoms with E-state index in [9.17, 15) is 13.6 Å². The molecule has 0 aliphatic carbocycles. The van der Waals surface area contributed by atoms with Gasteiger partial charge in [0.25, 0.3) is 12.3 Å². The van der Waals surface area contributed by atoms with Gasteiger partial charge in [-0.2, -0.15) is 5.10 Å². The van der Waals surface area contributed by atoms with Crippen molar-refractivity contribution in [3.63, 3.8) is 0 Å². The van der Waals surface area contributed by atoms with Gasteiger partial charge in [-0.1, -0.05) is 30.3 Å². The first-order valence-corrected chi connectivity index (χ1v) is 10.7. The molecule has 2 aromatic carbocycles. The predicted octanol–water partition coefficient (Wildman–Crippen LogP) is 4.85. The third-order valence-corrected chi connectivity index (χ3v) is 6.36. The highest BCUT2D eigenvalue weighted by molar-refractivity contribution is 6.10. The van der Waals surface area contributed by atoms with E-state index in [2.05, 4.69) is 10.4 Å². The van der Waals surface area contributed by atoms with Gasteiger partial charge in [-0.05, 0) is 49.1 Å². The Kier molecular flexibility index (Phi) is 5.07. The molecule has 0 fully saturated rings. The minimum absolute atomic E-state index is 0.0256. The molecule has 0 saturated heterocycles. The second-order valence-electron chi connectivity index (χ2n) is 8.32. The number of nitrogens with one attached hydrogen (secondary N) is 1. The van der Waals surface area contributed by atoms with Crippen LogP contribution in [0.5, 0.6) is 5.75 Å². The number of rotatable bonds is 4. The van der Waals surface area contributed by atoms with E-state index in [0.29, 0.717) is 17.1 Å². The van der Waals surface area contributed by atoms with Gasteiger partial charge in [-0.15, -0.1) is 0 Å². The van der Waals surface area contributed by atoms with Crippen LogP contribution < -0.4 is 15.0 Å². The van der Waals surface area contributed by atoms with E-state index in [0.717, 1.165) is 23.2 Å². The molecular formula is C24H24F2N4O2.